The molecule has 0 radical (unpaired) electrons. The highest BCUT2D eigenvalue weighted by molar-refractivity contribution is 5.98. The summed E-state index contributed by atoms with van der Waals surface area (Å²) in [5.41, 5.74) is 2.92. The molecule has 0 atom stereocenters. The van der Waals surface area contributed by atoms with E-state index in [9.17, 15) is 14.4 Å². The lowest BCUT2D eigenvalue weighted by atomic mass is 10.0. The van der Waals surface area contributed by atoms with E-state index in [1.807, 2.05) is 66.4 Å². The predicted molar refractivity (Wildman–Crippen MR) is 113 cm³/mol. The van der Waals surface area contributed by atoms with E-state index in [0.29, 0.717) is 38.2 Å². The van der Waals surface area contributed by atoms with E-state index in [2.05, 4.69) is 0 Å². The largest absolute Gasteiger partial charge is 0.339 e. The molecule has 1 aliphatic rings. The Morgan fingerprint density at radius 1 is 0.724 bits per heavy atom. The van der Waals surface area contributed by atoms with Gasteiger partial charge in [0.2, 0.25) is 11.8 Å². The van der Waals surface area contributed by atoms with Crippen LogP contribution in [-0.2, 0) is 16.0 Å². The maximum atomic E-state index is 12.4. The zero-order chi connectivity index (χ0) is 20.6. The molecule has 0 aliphatic carbocycles. The van der Waals surface area contributed by atoms with Crippen LogP contribution in [0.15, 0.2) is 54.6 Å². The monoisotopic (exact) mass is 392 g/mol. The predicted octanol–water partition coefficient (Wildman–Crippen LogP) is 3.26. The molecule has 0 N–H and O–H groups in total. The molecule has 3 rings (SSSR count). The van der Waals surface area contributed by atoms with E-state index in [4.69, 9.17) is 0 Å². The molecule has 2 aromatic rings. The van der Waals surface area contributed by atoms with Crippen molar-refractivity contribution in [2.75, 3.05) is 26.2 Å². The Hall–Kier alpha value is -2.95. The highest BCUT2D eigenvalue weighted by atomic mass is 16.2. The standard InChI is InChI=1S/C24H28N2O3/c1-19-7-10-21(11-8-19)22(27)12-14-24(29)26-17-15-25(16-18-26)23(28)13-9-20-5-3-2-4-6-20/h2-8,10-11H,9,12-18H2,1H3. The van der Waals surface area contributed by atoms with Gasteiger partial charge in [0.05, 0.1) is 0 Å². The lowest BCUT2D eigenvalue weighted by Crippen LogP contribution is -2.50. The van der Waals surface area contributed by atoms with Gasteiger partial charge < -0.3 is 9.80 Å². The van der Waals surface area contributed by atoms with Gasteiger partial charge >= 0.3 is 0 Å². The summed E-state index contributed by atoms with van der Waals surface area (Å²) >= 11 is 0. The third-order valence-electron chi connectivity index (χ3n) is 5.39. The normalized spacial score (nSPS) is 14.0. The number of hydrogen-bond acceptors (Lipinski definition) is 3. The number of ketones is 1. The minimum atomic E-state index is -0.0122. The minimum absolute atomic E-state index is 0.00641. The Labute approximate surface area is 172 Å². The Balaban J connectivity index is 1.39. The lowest BCUT2D eigenvalue weighted by Gasteiger charge is -2.35. The molecule has 5 heteroatoms. The summed E-state index contributed by atoms with van der Waals surface area (Å²) in [6.45, 7) is 4.17. The molecule has 1 heterocycles. The van der Waals surface area contributed by atoms with Gasteiger partial charge in [0.15, 0.2) is 5.78 Å². The van der Waals surface area contributed by atoms with Crippen LogP contribution >= 0.6 is 0 Å². The van der Waals surface area contributed by atoms with Crippen LogP contribution in [0.3, 0.4) is 0 Å². The van der Waals surface area contributed by atoms with Gasteiger partial charge in [-0.2, -0.15) is 0 Å². The summed E-state index contributed by atoms with van der Waals surface area (Å²) < 4.78 is 0. The number of carbonyl (C=O) groups is 3. The molecule has 1 fully saturated rings. The van der Waals surface area contributed by atoms with Crippen molar-refractivity contribution < 1.29 is 14.4 Å². The van der Waals surface area contributed by atoms with Gasteiger partial charge in [-0.1, -0.05) is 60.2 Å². The SMILES string of the molecule is Cc1ccc(C(=O)CCC(=O)N2CCN(C(=O)CCc3ccccc3)CC2)cc1. The average molecular weight is 392 g/mol. The molecule has 2 aromatic carbocycles. The van der Waals surface area contributed by atoms with Gasteiger partial charge in [-0.25, -0.2) is 0 Å². The lowest BCUT2D eigenvalue weighted by molar-refractivity contribution is -0.139. The molecule has 0 saturated carbocycles. The third-order valence-corrected chi connectivity index (χ3v) is 5.39. The van der Waals surface area contributed by atoms with E-state index >= 15 is 0 Å². The first-order valence-corrected chi connectivity index (χ1v) is 10.2. The highest BCUT2D eigenvalue weighted by Crippen LogP contribution is 2.12. The molecule has 29 heavy (non-hydrogen) atoms. The van der Waals surface area contributed by atoms with E-state index < -0.39 is 0 Å². The van der Waals surface area contributed by atoms with Crippen molar-refractivity contribution in [3.8, 4) is 0 Å². The smallest absolute Gasteiger partial charge is 0.223 e. The molecule has 1 saturated heterocycles. The second kappa shape index (κ2) is 10.0. The molecule has 0 spiro atoms. The first-order chi connectivity index (χ1) is 14.0. The van der Waals surface area contributed by atoms with E-state index in [1.165, 1.54) is 0 Å². The van der Waals surface area contributed by atoms with Crippen LogP contribution in [0.2, 0.25) is 0 Å². The molecule has 0 unspecified atom stereocenters. The third kappa shape index (κ3) is 6.01. The van der Waals surface area contributed by atoms with Crippen molar-refractivity contribution in [3.05, 3.63) is 71.3 Å². The van der Waals surface area contributed by atoms with Crippen molar-refractivity contribution in [1.82, 2.24) is 9.80 Å². The summed E-state index contributed by atoms with van der Waals surface area (Å²) in [6.07, 6.45) is 1.66. The molecular formula is C24H28N2O3. The van der Waals surface area contributed by atoms with E-state index in [1.54, 1.807) is 4.90 Å². The van der Waals surface area contributed by atoms with Crippen molar-refractivity contribution in [2.24, 2.45) is 0 Å². The van der Waals surface area contributed by atoms with Gasteiger partial charge in [0.1, 0.15) is 0 Å². The van der Waals surface area contributed by atoms with E-state index in [0.717, 1.165) is 17.5 Å². The molecule has 2 amide bonds. The van der Waals surface area contributed by atoms with Crippen molar-refractivity contribution in [3.63, 3.8) is 0 Å². The zero-order valence-corrected chi connectivity index (χ0v) is 17.0. The van der Waals surface area contributed by atoms with Gasteiger partial charge in [0.25, 0.3) is 0 Å². The zero-order valence-electron chi connectivity index (χ0n) is 17.0. The quantitative estimate of drug-likeness (QED) is 0.680. The number of hydrogen-bond donors (Lipinski definition) is 0. The van der Waals surface area contributed by atoms with Crippen LogP contribution in [0.1, 0.15) is 40.7 Å². The summed E-state index contributed by atoms with van der Waals surface area (Å²) in [5, 5.41) is 0. The van der Waals surface area contributed by atoms with Crippen LogP contribution in [0, 0.1) is 6.92 Å². The molecule has 5 nitrogen and oxygen atoms in total. The summed E-state index contributed by atoms with van der Waals surface area (Å²) in [4.78, 5) is 40.7. The van der Waals surface area contributed by atoms with Crippen LogP contribution in [-0.4, -0.2) is 53.6 Å². The van der Waals surface area contributed by atoms with Crippen molar-refractivity contribution in [2.45, 2.75) is 32.6 Å². The van der Waals surface area contributed by atoms with Gasteiger partial charge in [-0.3, -0.25) is 14.4 Å². The number of amides is 2. The van der Waals surface area contributed by atoms with Gasteiger partial charge in [-0.15, -0.1) is 0 Å². The highest BCUT2D eigenvalue weighted by Gasteiger charge is 2.24. The molecular weight excluding hydrogens is 364 g/mol. The van der Waals surface area contributed by atoms with Crippen LogP contribution in [0.4, 0.5) is 0 Å². The van der Waals surface area contributed by atoms with E-state index in [-0.39, 0.29) is 30.4 Å². The number of aryl methyl sites for hydroxylation is 2. The maximum absolute atomic E-state index is 12.4. The Morgan fingerprint density at radius 2 is 1.28 bits per heavy atom. The molecule has 0 aromatic heterocycles. The Morgan fingerprint density at radius 3 is 1.86 bits per heavy atom. The second-order valence-corrected chi connectivity index (χ2v) is 7.54. The number of piperazine rings is 1. The number of carbonyl (C=O) groups excluding carboxylic acids is 3. The fraction of sp³-hybridized carbons (Fsp3) is 0.375. The number of nitrogens with zero attached hydrogens (tertiary/aromatic N) is 2. The summed E-state index contributed by atoms with van der Waals surface area (Å²) in [7, 11) is 0. The Kier molecular flexibility index (Phi) is 7.17. The van der Waals surface area contributed by atoms with Crippen molar-refractivity contribution >= 4 is 17.6 Å². The topological polar surface area (TPSA) is 57.7 Å². The van der Waals surface area contributed by atoms with Crippen molar-refractivity contribution in [1.29, 1.82) is 0 Å². The summed E-state index contributed by atoms with van der Waals surface area (Å²) in [6, 6.07) is 17.4. The number of rotatable bonds is 7. The number of Topliss-reactive ketones (excluding diaryl/α,β-unsaturated/α-hetero) is 1. The van der Waals surface area contributed by atoms with Crippen LogP contribution in [0.5, 0.6) is 0 Å². The van der Waals surface area contributed by atoms with Crippen LogP contribution in [0.25, 0.3) is 0 Å². The first-order valence-electron chi connectivity index (χ1n) is 10.2. The van der Waals surface area contributed by atoms with Gasteiger partial charge in [-0.05, 0) is 18.9 Å². The minimum Gasteiger partial charge on any atom is -0.339 e. The molecule has 0 bridgehead atoms. The average Bonchev–Trinajstić information content (AvgIpc) is 2.77. The molecule has 1 aliphatic heterocycles. The van der Waals surface area contributed by atoms with Crippen LogP contribution < -0.4 is 0 Å². The second-order valence-electron chi connectivity index (χ2n) is 7.54. The van der Waals surface area contributed by atoms with Gasteiger partial charge in [0, 0.05) is 51.0 Å². The first kappa shape index (κ1) is 20.8. The summed E-state index contributed by atoms with van der Waals surface area (Å²) in [5.74, 6) is 0.116. The molecule has 152 valence electrons. The fourth-order valence-corrected chi connectivity index (χ4v) is 3.52. The Bertz CT molecular complexity index is 838. The number of benzene rings is 2. The fourth-order valence-electron chi connectivity index (χ4n) is 3.52. The maximum Gasteiger partial charge on any atom is 0.223 e.